The molecule has 1 heterocycles. The average molecular weight is 323 g/mol. The smallest absolute Gasteiger partial charge is 0.393 e. The van der Waals surface area contributed by atoms with Gasteiger partial charge in [-0.05, 0) is 25.5 Å². The Balaban J connectivity index is 2.65. The van der Waals surface area contributed by atoms with Gasteiger partial charge in [-0.25, -0.2) is 4.98 Å². The minimum Gasteiger partial charge on any atom is -0.402 e. The van der Waals surface area contributed by atoms with Crippen LogP contribution in [-0.4, -0.2) is 21.4 Å². The first-order chi connectivity index (χ1) is 10.7. The van der Waals surface area contributed by atoms with Crippen LogP contribution in [0.3, 0.4) is 0 Å². The molecule has 0 saturated carbocycles. The van der Waals surface area contributed by atoms with Gasteiger partial charge in [0.05, 0.1) is 12.1 Å². The lowest BCUT2D eigenvalue weighted by molar-refractivity contribution is -0.127. The molecule has 0 radical (unpaired) electrons. The standard InChI is InChI=1S/C15H16F3N5/c1-8-3-4-11(10(5-8)7-15(16,17)18)13-12(6-9(2)19)21-14(20)23-22-13/h3-6H,7,19H2,1-2H3,(H2,20,21,23). The zero-order chi connectivity index (χ0) is 17.2. The Hall–Kier alpha value is -2.64. The van der Waals surface area contributed by atoms with Crippen LogP contribution in [0, 0.1) is 6.92 Å². The molecule has 8 heteroatoms. The van der Waals surface area contributed by atoms with Crippen LogP contribution in [0.2, 0.25) is 0 Å². The highest BCUT2D eigenvalue weighted by atomic mass is 19.4. The number of hydrogen-bond donors (Lipinski definition) is 2. The summed E-state index contributed by atoms with van der Waals surface area (Å²) in [4.78, 5) is 4.02. The van der Waals surface area contributed by atoms with Crippen LogP contribution >= 0.6 is 0 Å². The molecule has 0 aliphatic carbocycles. The molecule has 2 rings (SSSR count). The summed E-state index contributed by atoms with van der Waals surface area (Å²) in [5.74, 6) is -0.0780. The fraction of sp³-hybridized carbons (Fsp3) is 0.267. The quantitative estimate of drug-likeness (QED) is 0.906. The highest BCUT2D eigenvalue weighted by molar-refractivity contribution is 5.73. The fourth-order valence-electron chi connectivity index (χ4n) is 2.18. The van der Waals surface area contributed by atoms with Crippen molar-refractivity contribution in [2.24, 2.45) is 5.73 Å². The molecule has 0 unspecified atom stereocenters. The Morgan fingerprint density at radius 3 is 2.57 bits per heavy atom. The van der Waals surface area contributed by atoms with Gasteiger partial charge in [0.2, 0.25) is 5.95 Å². The van der Waals surface area contributed by atoms with Crippen LogP contribution in [-0.2, 0) is 6.42 Å². The van der Waals surface area contributed by atoms with E-state index >= 15 is 0 Å². The van der Waals surface area contributed by atoms with E-state index in [0.717, 1.165) is 5.56 Å². The first-order valence-electron chi connectivity index (χ1n) is 6.76. The van der Waals surface area contributed by atoms with Crippen molar-refractivity contribution in [1.82, 2.24) is 15.2 Å². The second-order valence-corrected chi connectivity index (χ2v) is 5.24. The number of nitrogens with two attached hydrogens (primary N) is 2. The summed E-state index contributed by atoms with van der Waals surface area (Å²) in [7, 11) is 0. The number of alkyl halides is 3. The molecule has 0 aliphatic rings. The highest BCUT2D eigenvalue weighted by Crippen LogP contribution is 2.31. The number of hydrogen-bond acceptors (Lipinski definition) is 5. The maximum absolute atomic E-state index is 12.8. The number of allylic oxidation sites excluding steroid dienone is 1. The van der Waals surface area contributed by atoms with E-state index in [9.17, 15) is 13.2 Å². The first kappa shape index (κ1) is 16.7. The zero-order valence-corrected chi connectivity index (χ0v) is 12.6. The third-order valence-electron chi connectivity index (χ3n) is 3.00. The Morgan fingerprint density at radius 2 is 1.96 bits per heavy atom. The van der Waals surface area contributed by atoms with Gasteiger partial charge in [0.1, 0.15) is 5.69 Å². The molecule has 0 saturated heterocycles. The number of aryl methyl sites for hydroxylation is 1. The predicted octanol–water partition coefficient (Wildman–Crippen LogP) is 2.85. The first-order valence-corrected chi connectivity index (χ1v) is 6.76. The molecule has 0 amide bonds. The molecule has 0 spiro atoms. The number of anilines is 1. The number of rotatable bonds is 3. The Bertz CT molecular complexity index is 749. The average Bonchev–Trinajstić information content (AvgIpc) is 2.37. The third kappa shape index (κ3) is 4.41. The van der Waals surface area contributed by atoms with E-state index in [1.165, 1.54) is 12.1 Å². The topological polar surface area (TPSA) is 90.7 Å². The molecule has 1 aromatic heterocycles. The summed E-state index contributed by atoms with van der Waals surface area (Å²) in [5, 5.41) is 7.57. The van der Waals surface area contributed by atoms with Crippen molar-refractivity contribution in [3.63, 3.8) is 0 Å². The molecule has 5 nitrogen and oxygen atoms in total. The van der Waals surface area contributed by atoms with Crippen LogP contribution in [0.1, 0.15) is 23.7 Å². The summed E-state index contributed by atoms with van der Waals surface area (Å²) >= 11 is 0. The molecular weight excluding hydrogens is 307 g/mol. The van der Waals surface area contributed by atoms with Crippen molar-refractivity contribution >= 4 is 12.0 Å². The molecule has 2 aromatic rings. The lowest BCUT2D eigenvalue weighted by Gasteiger charge is -2.13. The minimum atomic E-state index is -4.34. The van der Waals surface area contributed by atoms with Gasteiger partial charge in [0, 0.05) is 11.3 Å². The van der Waals surface area contributed by atoms with Gasteiger partial charge < -0.3 is 11.5 Å². The molecule has 0 fully saturated rings. The van der Waals surface area contributed by atoms with E-state index < -0.39 is 12.6 Å². The van der Waals surface area contributed by atoms with Crippen LogP contribution in [0.25, 0.3) is 17.3 Å². The molecule has 0 bridgehead atoms. The minimum absolute atomic E-state index is 0.0780. The predicted molar refractivity (Wildman–Crippen MR) is 82.0 cm³/mol. The summed E-state index contributed by atoms with van der Waals surface area (Å²) in [6.07, 6.45) is -3.91. The van der Waals surface area contributed by atoms with Crippen molar-refractivity contribution < 1.29 is 13.2 Å². The monoisotopic (exact) mass is 323 g/mol. The van der Waals surface area contributed by atoms with Crippen LogP contribution in [0.4, 0.5) is 19.1 Å². The lowest BCUT2D eigenvalue weighted by atomic mass is 9.97. The van der Waals surface area contributed by atoms with Gasteiger partial charge in [0.15, 0.2) is 0 Å². The maximum atomic E-state index is 12.8. The number of benzene rings is 1. The zero-order valence-electron chi connectivity index (χ0n) is 12.6. The van der Waals surface area contributed by atoms with Crippen molar-refractivity contribution in [3.05, 3.63) is 40.7 Å². The molecule has 1 aromatic carbocycles. The van der Waals surface area contributed by atoms with Crippen molar-refractivity contribution in [2.45, 2.75) is 26.4 Å². The van der Waals surface area contributed by atoms with Crippen LogP contribution < -0.4 is 11.5 Å². The molecule has 0 aliphatic heterocycles. The summed E-state index contributed by atoms with van der Waals surface area (Å²) in [6.45, 7) is 3.36. The number of nitrogens with zero attached hydrogens (tertiary/aromatic N) is 3. The van der Waals surface area contributed by atoms with Crippen LogP contribution in [0.5, 0.6) is 0 Å². The fourth-order valence-corrected chi connectivity index (χ4v) is 2.18. The number of nitrogen functional groups attached to an aromatic ring is 1. The van der Waals surface area contributed by atoms with Gasteiger partial charge >= 0.3 is 6.18 Å². The van der Waals surface area contributed by atoms with Crippen molar-refractivity contribution in [1.29, 1.82) is 0 Å². The SMILES string of the molecule is CC(N)=Cc1nc(N)nnc1-c1ccc(C)cc1CC(F)(F)F. The maximum Gasteiger partial charge on any atom is 0.393 e. The van der Waals surface area contributed by atoms with E-state index in [4.69, 9.17) is 11.5 Å². The third-order valence-corrected chi connectivity index (χ3v) is 3.00. The van der Waals surface area contributed by atoms with E-state index in [0.29, 0.717) is 11.3 Å². The van der Waals surface area contributed by atoms with E-state index in [-0.39, 0.29) is 22.9 Å². The number of halogens is 3. The highest BCUT2D eigenvalue weighted by Gasteiger charge is 2.29. The van der Waals surface area contributed by atoms with Crippen molar-refractivity contribution in [2.75, 3.05) is 5.73 Å². The van der Waals surface area contributed by atoms with Crippen LogP contribution in [0.15, 0.2) is 23.9 Å². The normalized spacial score (nSPS) is 12.5. The second kappa shape index (κ2) is 6.23. The summed E-state index contributed by atoms with van der Waals surface area (Å²) in [6, 6.07) is 4.75. The Morgan fingerprint density at radius 1 is 1.26 bits per heavy atom. The van der Waals surface area contributed by atoms with E-state index in [1.807, 2.05) is 0 Å². The van der Waals surface area contributed by atoms with Gasteiger partial charge in [-0.3, -0.25) is 0 Å². The van der Waals surface area contributed by atoms with Gasteiger partial charge in [-0.15, -0.1) is 10.2 Å². The lowest BCUT2D eigenvalue weighted by Crippen LogP contribution is -2.13. The van der Waals surface area contributed by atoms with Gasteiger partial charge in [0.25, 0.3) is 0 Å². The molecular formula is C15H16F3N5. The largest absolute Gasteiger partial charge is 0.402 e. The van der Waals surface area contributed by atoms with E-state index in [2.05, 4.69) is 15.2 Å². The Kier molecular flexibility index (Phi) is 4.53. The molecule has 23 heavy (non-hydrogen) atoms. The molecule has 0 atom stereocenters. The molecule has 122 valence electrons. The number of aromatic nitrogens is 3. The molecule has 4 N–H and O–H groups in total. The van der Waals surface area contributed by atoms with Gasteiger partial charge in [-0.2, -0.15) is 13.2 Å². The van der Waals surface area contributed by atoms with E-state index in [1.54, 1.807) is 26.0 Å². The van der Waals surface area contributed by atoms with Crippen molar-refractivity contribution in [3.8, 4) is 11.3 Å². The summed E-state index contributed by atoms with van der Waals surface area (Å²) in [5.41, 5.74) is 13.2. The Labute approximate surface area is 131 Å². The second-order valence-electron chi connectivity index (χ2n) is 5.24. The van der Waals surface area contributed by atoms with Gasteiger partial charge in [-0.1, -0.05) is 23.8 Å². The summed E-state index contributed by atoms with van der Waals surface area (Å²) < 4.78 is 38.5.